The van der Waals surface area contributed by atoms with Crippen molar-refractivity contribution >= 4 is 98.9 Å². The lowest BCUT2D eigenvalue weighted by Gasteiger charge is -2.25. The van der Waals surface area contributed by atoms with Gasteiger partial charge >= 0.3 is 0 Å². The van der Waals surface area contributed by atoms with Crippen LogP contribution in [0.15, 0.2) is 198 Å². The van der Waals surface area contributed by atoms with E-state index in [0.717, 1.165) is 55.4 Å². The summed E-state index contributed by atoms with van der Waals surface area (Å²) in [5.74, 6) is 1.48. The summed E-state index contributed by atoms with van der Waals surface area (Å²) < 4.78 is 2.37. The molecule has 272 valence electrons. The van der Waals surface area contributed by atoms with Crippen molar-refractivity contribution in [1.29, 1.82) is 0 Å². The smallest absolute Gasteiger partial charge is 0.159 e. The highest BCUT2D eigenvalue weighted by Gasteiger charge is 2.24. The molecular weight excluding hydrogens is 728 g/mol. The first-order valence-electron chi connectivity index (χ1n) is 19.6. The van der Waals surface area contributed by atoms with Crippen LogP contribution in [0.25, 0.3) is 81.4 Å². The number of hydrogen-bond donors (Lipinski definition) is 1. The standard InChI is InChI=1S/C53H33ClN4/c54-40-23-25-45-46-28-34-12-3-4-13-35(34)30-49(46)58(50(45)31-40)48-19-9-15-36-27-39(22-24-42(36)48)52-55-51(38-21-20-32-10-1-2-11-33(32)26-38)56-53(57-52)47-29-37-14-5-6-16-41(37)43-17-7-8-18-44(43)47/h1-31,53H,(H,55,56,57). The molecular formula is C53H33ClN4. The van der Waals surface area contributed by atoms with Crippen LogP contribution >= 0.6 is 11.6 Å². The fraction of sp³-hybridized carbons (Fsp3) is 0.0189. The number of aliphatic imine (C=N–C) groups is 2. The van der Waals surface area contributed by atoms with E-state index in [1.54, 1.807) is 0 Å². The summed E-state index contributed by atoms with van der Waals surface area (Å²) in [6.07, 6.45) is -0.373. The van der Waals surface area contributed by atoms with Gasteiger partial charge < -0.3 is 9.88 Å². The molecule has 4 nitrogen and oxygen atoms in total. The number of nitrogens with one attached hydrogen (secondary N) is 1. The van der Waals surface area contributed by atoms with Crippen molar-refractivity contribution in [1.82, 2.24) is 9.88 Å². The first-order valence-corrected chi connectivity index (χ1v) is 20.0. The lowest BCUT2D eigenvalue weighted by molar-refractivity contribution is 0.680. The van der Waals surface area contributed by atoms with E-state index in [-0.39, 0.29) is 6.17 Å². The van der Waals surface area contributed by atoms with Gasteiger partial charge in [-0.2, -0.15) is 0 Å². The third-order valence-electron chi connectivity index (χ3n) is 11.8. The maximum Gasteiger partial charge on any atom is 0.159 e. The first kappa shape index (κ1) is 32.9. The first-order chi connectivity index (χ1) is 28.6. The molecule has 0 fully saturated rings. The summed E-state index contributed by atoms with van der Waals surface area (Å²) in [5.41, 5.74) is 6.40. The molecule has 11 aromatic rings. The molecule has 1 unspecified atom stereocenters. The molecule has 5 heteroatoms. The van der Waals surface area contributed by atoms with Gasteiger partial charge in [-0.05, 0) is 97.0 Å². The molecule has 0 saturated heterocycles. The minimum atomic E-state index is -0.373. The number of amidine groups is 2. The number of hydrogen-bond acceptors (Lipinski definition) is 3. The van der Waals surface area contributed by atoms with E-state index < -0.39 is 0 Å². The van der Waals surface area contributed by atoms with Crippen molar-refractivity contribution in [3.05, 3.63) is 210 Å². The number of nitrogens with zero attached hydrogens (tertiary/aromatic N) is 3. The fourth-order valence-electron chi connectivity index (χ4n) is 9.07. The molecule has 0 saturated carbocycles. The molecule has 1 N–H and O–H groups in total. The maximum atomic E-state index is 6.69. The van der Waals surface area contributed by atoms with Gasteiger partial charge in [0.05, 0.1) is 16.7 Å². The van der Waals surface area contributed by atoms with E-state index in [1.807, 2.05) is 6.07 Å². The topological polar surface area (TPSA) is 41.7 Å². The Morgan fingerprint density at radius 2 is 1.05 bits per heavy atom. The summed E-state index contributed by atoms with van der Waals surface area (Å²) in [7, 11) is 0. The normalized spacial score (nSPS) is 14.5. The van der Waals surface area contributed by atoms with Gasteiger partial charge in [0, 0.05) is 37.9 Å². The number of benzene rings is 10. The zero-order valence-corrected chi connectivity index (χ0v) is 32.0. The van der Waals surface area contributed by atoms with E-state index in [9.17, 15) is 0 Å². The Hall–Kier alpha value is -7.27. The Labute approximate surface area is 339 Å². The van der Waals surface area contributed by atoms with Gasteiger partial charge in [0.1, 0.15) is 12.0 Å². The van der Waals surface area contributed by atoms with Crippen LogP contribution in [-0.4, -0.2) is 16.2 Å². The Balaban J connectivity index is 1.04. The van der Waals surface area contributed by atoms with Crippen LogP contribution in [0.1, 0.15) is 22.9 Å². The predicted molar refractivity (Wildman–Crippen MR) is 245 cm³/mol. The van der Waals surface area contributed by atoms with Crippen LogP contribution in [0.5, 0.6) is 0 Å². The second-order valence-corrected chi connectivity index (χ2v) is 15.6. The van der Waals surface area contributed by atoms with Crippen molar-refractivity contribution in [3.8, 4) is 5.69 Å². The van der Waals surface area contributed by atoms with Crippen LogP contribution < -0.4 is 5.32 Å². The second kappa shape index (κ2) is 12.9. The average Bonchev–Trinajstić information content (AvgIpc) is 3.58. The minimum absolute atomic E-state index is 0.373. The van der Waals surface area contributed by atoms with Crippen LogP contribution in [-0.2, 0) is 0 Å². The summed E-state index contributed by atoms with van der Waals surface area (Å²) in [6.45, 7) is 0. The second-order valence-electron chi connectivity index (χ2n) is 15.2. The van der Waals surface area contributed by atoms with Gasteiger partial charge in [-0.3, -0.25) is 0 Å². The molecule has 1 aliphatic heterocycles. The van der Waals surface area contributed by atoms with E-state index in [4.69, 9.17) is 21.6 Å². The van der Waals surface area contributed by atoms with E-state index >= 15 is 0 Å². The molecule has 1 atom stereocenters. The minimum Gasteiger partial charge on any atom is -0.344 e. The lowest BCUT2D eigenvalue weighted by atomic mass is 9.95. The van der Waals surface area contributed by atoms with Crippen molar-refractivity contribution in [2.75, 3.05) is 0 Å². The molecule has 58 heavy (non-hydrogen) atoms. The van der Waals surface area contributed by atoms with Crippen LogP contribution in [0.4, 0.5) is 0 Å². The molecule has 0 aliphatic carbocycles. The van der Waals surface area contributed by atoms with Crippen molar-refractivity contribution < 1.29 is 0 Å². The Morgan fingerprint density at radius 1 is 0.431 bits per heavy atom. The largest absolute Gasteiger partial charge is 0.344 e. The Morgan fingerprint density at radius 3 is 1.90 bits per heavy atom. The zero-order valence-electron chi connectivity index (χ0n) is 31.2. The fourth-order valence-corrected chi connectivity index (χ4v) is 9.23. The Kier molecular flexibility index (Phi) is 7.31. The molecule has 1 aliphatic rings. The van der Waals surface area contributed by atoms with E-state index in [2.05, 4.69) is 192 Å². The van der Waals surface area contributed by atoms with Crippen LogP contribution in [0.3, 0.4) is 0 Å². The van der Waals surface area contributed by atoms with Gasteiger partial charge in [-0.25, -0.2) is 9.98 Å². The van der Waals surface area contributed by atoms with Crippen LogP contribution in [0, 0.1) is 0 Å². The quantitative estimate of drug-likeness (QED) is 0.178. The lowest BCUT2D eigenvalue weighted by Crippen LogP contribution is -2.33. The van der Waals surface area contributed by atoms with E-state index in [0.29, 0.717) is 10.9 Å². The summed E-state index contributed by atoms with van der Waals surface area (Å²) in [4.78, 5) is 10.6. The van der Waals surface area contributed by atoms with Crippen molar-refractivity contribution in [2.45, 2.75) is 6.17 Å². The highest BCUT2D eigenvalue weighted by molar-refractivity contribution is 6.32. The molecule has 12 rings (SSSR count). The summed E-state index contributed by atoms with van der Waals surface area (Å²) in [5, 5.41) is 18.7. The average molecular weight is 761 g/mol. The SMILES string of the molecule is Clc1ccc2c3cc4ccccc4cc3n(-c3cccc4cc(C5=NC(c6ccc7ccccc7c6)=NC(c6cc7ccccc7c7ccccc67)N5)ccc34)c2c1. The van der Waals surface area contributed by atoms with Gasteiger partial charge in [-0.15, -0.1) is 0 Å². The Bertz CT molecular complexity index is 3580. The third kappa shape index (κ3) is 5.23. The maximum absolute atomic E-state index is 6.69. The monoisotopic (exact) mass is 760 g/mol. The molecule has 0 bridgehead atoms. The molecule has 10 aromatic carbocycles. The summed E-state index contributed by atoms with van der Waals surface area (Å²) in [6, 6.07) is 67.0. The highest BCUT2D eigenvalue weighted by Crippen LogP contribution is 2.39. The van der Waals surface area contributed by atoms with Crippen molar-refractivity contribution in [2.24, 2.45) is 9.98 Å². The number of rotatable bonds is 4. The molecule has 0 spiro atoms. The molecule has 0 radical (unpaired) electrons. The molecule has 0 amide bonds. The highest BCUT2D eigenvalue weighted by atomic mass is 35.5. The molecule has 2 heterocycles. The van der Waals surface area contributed by atoms with Gasteiger partial charge in [-0.1, -0.05) is 151 Å². The van der Waals surface area contributed by atoms with E-state index in [1.165, 1.54) is 48.5 Å². The number of aromatic nitrogens is 1. The zero-order chi connectivity index (χ0) is 38.3. The third-order valence-corrected chi connectivity index (χ3v) is 12.0. The predicted octanol–water partition coefficient (Wildman–Crippen LogP) is 13.7. The number of fused-ring (bicyclic) bond motifs is 9. The van der Waals surface area contributed by atoms with Gasteiger partial charge in [0.2, 0.25) is 0 Å². The van der Waals surface area contributed by atoms with Gasteiger partial charge in [0.15, 0.2) is 5.84 Å². The van der Waals surface area contributed by atoms with Crippen LogP contribution in [0.2, 0.25) is 5.02 Å². The molecule has 1 aromatic heterocycles. The summed E-state index contributed by atoms with van der Waals surface area (Å²) >= 11 is 6.69. The van der Waals surface area contributed by atoms with Crippen molar-refractivity contribution in [3.63, 3.8) is 0 Å². The van der Waals surface area contributed by atoms with Gasteiger partial charge in [0.25, 0.3) is 0 Å². The number of halogens is 1.